The fourth-order valence-corrected chi connectivity index (χ4v) is 2.48. The topological polar surface area (TPSA) is 69.2 Å². The van der Waals surface area contributed by atoms with E-state index in [4.69, 9.17) is 5.73 Å². The molecule has 0 spiro atoms. The molecule has 1 aromatic carbocycles. The number of nitrogen functional groups attached to an aromatic ring is 1. The van der Waals surface area contributed by atoms with E-state index in [2.05, 4.69) is 6.08 Å². The van der Waals surface area contributed by atoms with Crippen LogP contribution < -0.4 is 5.73 Å². The van der Waals surface area contributed by atoms with Gasteiger partial charge in [-0.25, -0.2) is 0 Å². The number of rotatable bonds is 2. The molecule has 0 amide bonds. The van der Waals surface area contributed by atoms with Crippen molar-refractivity contribution in [2.75, 3.05) is 11.5 Å². The molecule has 15 heavy (non-hydrogen) atoms. The second kappa shape index (κ2) is 3.94. The Morgan fingerprint density at radius 2 is 2.27 bits per heavy atom. The van der Waals surface area contributed by atoms with Crippen molar-refractivity contribution in [2.45, 2.75) is 6.42 Å². The van der Waals surface area contributed by atoms with Crippen LogP contribution in [0.2, 0.25) is 0 Å². The molecule has 1 aliphatic rings. The summed E-state index contributed by atoms with van der Waals surface area (Å²) in [5, 5.41) is 10.6. The van der Waals surface area contributed by atoms with Gasteiger partial charge in [-0.2, -0.15) is 0 Å². The minimum absolute atomic E-state index is 0.0256. The molecular formula is C10H10N2O2S. The number of nitrogens with zero attached hydrogens (tertiary/aromatic N) is 1. The van der Waals surface area contributed by atoms with E-state index in [0.29, 0.717) is 0 Å². The lowest BCUT2D eigenvalue weighted by molar-refractivity contribution is -0.383. The molecule has 1 aromatic rings. The van der Waals surface area contributed by atoms with E-state index in [1.54, 1.807) is 23.9 Å². The third-order valence-corrected chi connectivity index (χ3v) is 3.37. The van der Waals surface area contributed by atoms with E-state index in [-0.39, 0.29) is 11.4 Å². The Morgan fingerprint density at radius 1 is 1.47 bits per heavy atom. The Kier molecular flexibility index (Phi) is 2.64. The monoisotopic (exact) mass is 222 g/mol. The summed E-state index contributed by atoms with van der Waals surface area (Å²) in [6.07, 6.45) is 3.18. The maximum Gasteiger partial charge on any atom is 0.292 e. The first-order valence-corrected chi connectivity index (χ1v) is 5.54. The zero-order chi connectivity index (χ0) is 10.8. The standard InChI is InChI=1S/C10H10N2O2S/c11-8-6-7(10-2-1-5-15-10)3-4-9(8)12(13)14/h2-4,6H,1,5,11H2. The van der Waals surface area contributed by atoms with Crippen molar-refractivity contribution in [3.05, 3.63) is 40.0 Å². The average Bonchev–Trinajstić information content (AvgIpc) is 2.69. The van der Waals surface area contributed by atoms with Crippen LogP contribution in [-0.4, -0.2) is 10.7 Å². The number of nitrogens with two attached hydrogens (primary N) is 1. The van der Waals surface area contributed by atoms with E-state index < -0.39 is 4.92 Å². The summed E-state index contributed by atoms with van der Waals surface area (Å²) >= 11 is 1.75. The van der Waals surface area contributed by atoms with Gasteiger partial charge in [0.25, 0.3) is 5.69 Å². The zero-order valence-electron chi connectivity index (χ0n) is 7.97. The summed E-state index contributed by atoms with van der Waals surface area (Å²) < 4.78 is 0. The number of thioether (sulfide) groups is 1. The molecular weight excluding hydrogens is 212 g/mol. The van der Waals surface area contributed by atoms with Crippen LogP contribution in [-0.2, 0) is 0 Å². The van der Waals surface area contributed by atoms with E-state index in [0.717, 1.165) is 22.6 Å². The molecule has 0 saturated heterocycles. The molecule has 1 heterocycles. The molecule has 0 bridgehead atoms. The predicted molar refractivity (Wildman–Crippen MR) is 62.6 cm³/mol. The fourth-order valence-electron chi connectivity index (χ4n) is 1.49. The molecule has 0 atom stereocenters. The van der Waals surface area contributed by atoms with Crippen LogP contribution in [0.4, 0.5) is 11.4 Å². The summed E-state index contributed by atoms with van der Waals surface area (Å²) in [4.78, 5) is 11.3. The van der Waals surface area contributed by atoms with Crippen LogP contribution in [0.15, 0.2) is 24.3 Å². The van der Waals surface area contributed by atoms with Gasteiger partial charge in [0, 0.05) is 16.7 Å². The highest BCUT2D eigenvalue weighted by Crippen LogP contribution is 2.36. The number of hydrogen-bond acceptors (Lipinski definition) is 4. The molecule has 2 rings (SSSR count). The van der Waals surface area contributed by atoms with E-state index in [9.17, 15) is 10.1 Å². The lowest BCUT2D eigenvalue weighted by Gasteiger charge is -2.03. The average molecular weight is 222 g/mol. The molecule has 5 heteroatoms. The van der Waals surface area contributed by atoms with Gasteiger partial charge in [0.2, 0.25) is 0 Å². The van der Waals surface area contributed by atoms with Gasteiger partial charge < -0.3 is 5.73 Å². The van der Waals surface area contributed by atoms with Crippen molar-refractivity contribution in [1.29, 1.82) is 0 Å². The third-order valence-electron chi connectivity index (χ3n) is 2.21. The lowest BCUT2D eigenvalue weighted by atomic mass is 10.1. The van der Waals surface area contributed by atoms with Crippen molar-refractivity contribution in [2.24, 2.45) is 0 Å². The van der Waals surface area contributed by atoms with Gasteiger partial charge >= 0.3 is 0 Å². The number of hydrogen-bond donors (Lipinski definition) is 1. The Hall–Kier alpha value is -1.49. The molecule has 0 saturated carbocycles. The van der Waals surface area contributed by atoms with Crippen LogP contribution >= 0.6 is 11.8 Å². The van der Waals surface area contributed by atoms with Crippen molar-refractivity contribution in [1.82, 2.24) is 0 Å². The number of anilines is 1. The molecule has 0 aliphatic carbocycles. The predicted octanol–water partition coefficient (Wildman–Crippen LogP) is 2.65. The summed E-state index contributed by atoms with van der Waals surface area (Å²) in [6.45, 7) is 0. The van der Waals surface area contributed by atoms with Crippen molar-refractivity contribution < 1.29 is 4.92 Å². The van der Waals surface area contributed by atoms with Gasteiger partial charge in [-0.05, 0) is 24.1 Å². The van der Waals surface area contributed by atoms with Crippen LogP contribution in [0.3, 0.4) is 0 Å². The maximum absolute atomic E-state index is 10.6. The lowest BCUT2D eigenvalue weighted by Crippen LogP contribution is -1.96. The first-order chi connectivity index (χ1) is 7.18. The van der Waals surface area contributed by atoms with E-state index in [1.165, 1.54) is 6.07 Å². The summed E-state index contributed by atoms with van der Waals surface area (Å²) in [5.41, 5.74) is 6.79. The minimum Gasteiger partial charge on any atom is -0.393 e. The van der Waals surface area contributed by atoms with Gasteiger partial charge in [-0.3, -0.25) is 10.1 Å². The first-order valence-electron chi connectivity index (χ1n) is 4.56. The molecule has 4 nitrogen and oxygen atoms in total. The van der Waals surface area contributed by atoms with Gasteiger partial charge in [-0.15, -0.1) is 11.8 Å². The summed E-state index contributed by atoms with van der Waals surface area (Å²) in [7, 11) is 0. The Balaban J connectivity index is 2.37. The number of nitro groups is 1. The van der Waals surface area contributed by atoms with Gasteiger partial charge in [0.05, 0.1) is 4.92 Å². The molecule has 78 valence electrons. The largest absolute Gasteiger partial charge is 0.393 e. The molecule has 2 N–H and O–H groups in total. The Morgan fingerprint density at radius 3 is 2.80 bits per heavy atom. The van der Waals surface area contributed by atoms with Crippen molar-refractivity contribution in [3.63, 3.8) is 0 Å². The zero-order valence-corrected chi connectivity index (χ0v) is 8.79. The molecule has 0 fully saturated rings. The summed E-state index contributed by atoms with van der Waals surface area (Å²) in [5.74, 6) is 1.08. The highest BCUT2D eigenvalue weighted by atomic mass is 32.2. The Bertz CT molecular complexity index is 443. The van der Waals surface area contributed by atoms with Gasteiger partial charge in [0.15, 0.2) is 0 Å². The van der Waals surface area contributed by atoms with Crippen LogP contribution in [0.5, 0.6) is 0 Å². The molecule has 0 radical (unpaired) electrons. The quantitative estimate of drug-likeness (QED) is 0.474. The molecule has 1 aliphatic heterocycles. The summed E-state index contributed by atoms with van der Waals surface area (Å²) in [6, 6.07) is 4.88. The number of allylic oxidation sites excluding steroid dienone is 1. The van der Waals surface area contributed by atoms with Crippen molar-refractivity contribution >= 4 is 28.0 Å². The fraction of sp³-hybridized carbons (Fsp3) is 0.200. The van der Waals surface area contributed by atoms with Gasteiger partial charge in [-0.1, -0.05) is 6.08 Å². The Labute approximate surface area is 91.3 Å². The number of nitro benzene ring substituents is 1. The SMILES string of the molecule is Nc1cc(C2=CCCS2)ccc1[N+](=O)[O-]. The van der Waals surface area contributed by atoms with E-state index in [1.807, 2.05) is 0 Å². The van der Waals surface area contributed by atoms with Crippen molar-refractivity contribution in [3.8, 4) is 0 Å². The van der Waals surface area contributed by atoms with Crippen LogP contribution in [0.25, 0.3) is 4.91 Å². The van der Waals surface area contributed by atoms with E-state index >= 15 is 0 Å². The minimum atomic E-state index is -0.463. The second-order valence-electron chi connectivity index (χ2n) is 3.24. The van der Waals surface area contributed by atoms with Gasteiger partial charge in [0.1, 0.15) is 5.69 Å². The second-order valence-corrected chi connectivity index (χ2v) is 4.37. The first kappa shape index (κ1) is 10.0. The maximum atomic E-state index is 10.6. The molecule has 0 unspecified atom stereocenters. The van der Waals surface area contributed by atoms with Crippen LogP contribution in [0.1, 0.15) is 12.0 Å². The third kappa shape index (κ3) is 1.97. The smallest absolute Gasteiger partial charge is 0.292 e. The molecule has 0 aromatic heterocycles. The van der Waals surface area contributed by atoms with Crippen LogP contribution in [0, 0.1) is 10.1 Å². The highest BCUT2D eigenvalue weighted by Gasteiger charge is 2.14. The number of benzene rings is 1. The normalized spacial score (nSPS) is 15.1. The highest BCUT2D eigenvalue weighted by molar-refractivity contribution is 8.08.